The van der Waals surface area contributed by atoms with Gasteiger partial charge >= 0.3 is 6.18 Å². The molecular weight excluding hydrogens is 247 g/mol. The monoisotopic (exact) mass is 257 g/mol. The molecule has 0 saturated heterocycles. The molecule has 4 nitrogen and oxygen atoms in total. The van der Waals surface area contributed by atoms with Crippen molar-refractivity contribution in [2.45, 2.75) is 12.3 Å². The summed E-state index contributed by atoms with van der Waals surface area (Å²) in [6, 6.07) is 4.30. The molecule has 0 fully saturated rings. The molecule has 1 unspecified atom stereocenters. The van der Waals surface area contributed by atoms with E-state index in [1.54, 1.807) is 7.05 Å². The number of halogens is 3. The van der Waals surface area contributed by atoms with Crippen molar-refractivity contribution in [1.82, 2.24) is 14.8 Å². The predicted molar refractivity (Wildman–Crippen MR) is 56.5 cm³/mol. The van der Waals surface area contributed by atoms with Crippen LogP contribution in [-0.4, -0.2) is 19.9 Å². The molecule has 1 aromatic heterocycles. The van der Waals surface area contributed by atoms with E-state index >= 15 is 0 Å². The van der Waals surface area contributed by atoms with E-state index in [0.717, 1.165) is 12.1 Å². The first-order chi connectivity index (χ1) is 8.39. The van der Waals surface area contributed by atoms with E-state index in [9.17, 15) is 18.3 Å². The summed E-state index contributed by atoms with van der Waals surface area (Å²) >= 11 is 0. The Hall–Kier alpha value is -1.89. The Bertz CT molecular complexity index is 533. The minimum absolute atomic E-state index is 0.273. The number of aromatic nitrogens is 3. The molecule has 1 heterocycles. The highest BCUT2D eigenvalue weighted by atomic mass is 19.4. The number of rotatable bonds is 2. The molecule has 0 bridgehead atoms. The molecule has 0 radical (unpaired) electrons. The number of hydrogen-bond donors (Lipinski definition) is 1. The van der Waals surface area contributed by atoms with Crippen LogP contribution >= 0.6 is 0 Å². The van der Waals surface area contributed by atoms with Gasteiger partial charge in [-0.2, -0.15) is 18.3 Å². The molecule has 0 spiro atoms. The largest absolute Gasteiger partial charge is 0.416 e. The van der Waals surface area contributed by atoms with Crippen molar-refractivity contribution in [3.05, 3.63) is 47.5 Å². The first kappa shape index (κ1) is 12.6. The van der Waals surface area contributed by atoms with Crippen LogP contribution in [0.1, 0.15) is 23.1 Å². The molecule has 1 aromatic carbocycles. The molecule has 1 atom stereocenters. The van der Waals surface area contributed by atoms with Crippen molar-refractivity contribution >= 4 is 0 Å². The highest BCUT2D eigenvalue weighted by molar-refractivity contribution is 5.28. The van der Waals surface area contributed by atoms with Crippen molar-refractivity contribution in [3.8, 4) is 0 Å². The summed E-state index contributed by atoms with van der Waals surface area (Å²) in [6.07, 6.45) is -4.21. The number of aryl methyl sites for hydroxylation is 1. The summed E-state index contributed by atoms with van der Waals surface area (Å²) in [5.41, 5.74) is -0.421. The van der Waals surface area contributed by atoms with Crippen LogP contribution in [0, 0.1) is 0 Å². The van der Waals surface area contributed by atoms with E-state index in [4.69, 9.17) is 0 Å². The Morgan fingerprint density at radius 2 is 1.83 bits per heavy atom. The van der Waals surface area contributed by atoms with E-state index in [1.807, 2.05) is 0 Å². The highest BCUT2D eigenvalue weighted by Gasteiger charge is 2.30. The Labute approximate surface area is 101 Å². The van der Waals surface area contributed by atoms with Crippen LogP contribution in [0.4, 0.5) is 13.2 Å². The van der Waals surface area contributed by atoms with Gasteiger partial charge in [0.2, 0.25) is 0 Å². The third-order valence-electron chi connectivity index (χ3n) is 2.54. The SMILES string of the molecule is Cn1ncnc1C(O)c1ccc(C(F)(F)F)cc1. The maximum Gasteiger partial charge on any atom is 0.416 e. The van der Waals surface area contributed by atoms with Crippen LogP contribution in [0.15, 0.2) is 30.6 Å². The summed E-state index contributed by atoms with van der Waals surface area (Å²) < 4.78 is 38.5. The first-order valence-corrected chi connectivity index (χ1v) is 5.08. The third kappa shape index (κ3) is 2.35. The Kier molecular flexibility index (Phi) is 3.08. The highest BCUT2D eigenvalue weighted by Crippen LogP contribution is 2.30. The van der Waals surface area contributed by atoms with Gasteiger partial charge < -0.3 is 5.11 Å². The summed E-state index contributed by atoms with van der Waals surface area (Å²) in [5, 5.41) is 13.7. The average Bonchev–Trinajstić information content (AvgIpc) is 2.73. The van der Waals surface area contributed by atoms with Crippen LogP contribution in [0.3, 0.4) is 0 Å². The summed E-state index contributed by atoms with van der Waals surface area (Å²) in [5.74, 6) is 0.273. The van der Waals surface area contributed by atoms with Crippen molar-refractivity contribution in [3.63, 3.8) is 0 Å². The number of alkyl halides is 3. The van der Waals surface area contributed by atoms with Gasteiger partial charge in [0.15, 0.2) is 5.82 Å². The van der Waals surface area contributed by atoms with Crippen molar-refractivity contribution in [1.29, 1.82) is 0 Å². The quantitative estimate of drug-likeness (QED) is 0.894. The summed E-state index contributed by atoms with van der Waals surface area (Å²) in [7, 11) is 1.59. The molecule has 2 aromatic rings. The fraction of sp³-hybridized carbons (Fsp3) is 0.273. The van der Waals surface area contributed by atoms with Gasteiger partial charge in [0, 0.05) is 7.05 Å². The van der Waals surface area contributed by atoms with Gasteiger partial charge in [-0.15, -0.1) is 0 Å². The van der Waals surface area contributed by atoms with E-state index in [0.29, 0.717) is 5.56 Å². The zero-order valence-corrected chi connectivity index (χ0v) is 9.39. The Morgan fingerprint density at radius 1 is 1.22 bits per heavy atom. The van der Waals surface area contributed by atoms with Crippen LogP contribution in [0.5, 0.6) is 0 Å². The van der Waals surface area contributed by atoms with E-state index in [-0.39, 0.29) is 5.82 Å². The number of nitrogens with zero attached hydrogens (tertiary/aromatic N) is 3. The molecule has 96 valence electrons. The normalized spacial score (nSPS) is 13.6. The van der Waals surface area contributed by atoms with Crippen LogP contribution in [-0.2, 0) is 13.2 Å². The Morgan fingerprint density at radius 3 is 2.28 bits per heavy atom. The van der Waals surface area contributed by atoms with Gasteiger partial charge in [-0.05, 0) is 17.7 Å². The minimum atomic E-state index is -4.38. The van der Waals surface area contributed by atoms with E-state index in [2.05, 4.69) is 10.1 Å². The topological polar surface area (TPSA) is 50.9 Å². The van der Waals surface area contributed by atoms with Crippen molar-refractivity contribution in [2.75, 3.05) is 0 Å². The van der Waals surface area contributed by atoms with Gasteiger partial charge in [-0.3, -0.25) is 4.68 Å². The summed E-state index contributed by atoms with van der Waals surface area (Å²) in [4.78, 5) is 3.84. The number of aliphatic hydroxyl groups excluding tert-OH is 1. The van der Waals surface area contributed by atoms with E-state index < -0.39 is 17.8 Å². The second kappa shape index (κ2) is 4.41. The maximum atomic E-state index is 12.4. The fourth-order valence-electron chi connectivity index (χ4n) is 1.56. The predicted octanol–water partition coefficient (Wildman–Crippen LogP) is 1.92. The molecule has 1 N–H and O–H groups in total. The fourth-order valence-corrected chi connectivity index (χ4v) is 1.56. The maximum absolute atomic E-state index is 12.4. The summed E-state index contributed by atoms with van der Waals surface area (Å²) in [6.45, 7) is 0. The lowest BCUT2D eigenvalue weighted by molar-refractivity contribution is -0.137. The molecule has 0 amide bonds. The zero-order chi connectivity index (χ0) is 13.3. The van der Waals surface area contributed by atoms with Crippen molar-refractivity contribution < 1.29 is 18.3 Å². The second-order valence-electron chi connectivity index (χ2n) is 3.76. The van der Waals surface area contributed by atoms with Crippen LogP contribution < -0.4 is 0 Å². The van der Waals surface area contributed by atoms with Gasteiger partial charge in [0.1, 0.15) is 12.4 Å². The van der Waals surface area contributed by atoms with Crippen molar-refractivity contribution in [2.24, 2.45) is 7.05 Å². The lowest BCUT2D eigenvalue weighted by Crippen LogP contribution is -2.09. The second-order valence-corrected chi connectivity index (χ2v) is 3.76. The van der Waals surface area contributed by atoms with Crippen LogP contribution in [0.2, 0.25) is 0 Å². The molecule has 0 aliphatic heterocycles. The lowest BCUT2D eigenvalue weighted by atomic mass is 10.1. The molecule has 0 aliphatic rings. The average molecular weight is 257 g/mol. The molecule has 7 heteroatoms. The molecule has 0 saturated carbocycles. The van der Waals surface area contributed by atoms with E-state index in [1.165, 1.54) is 23.1 Å². The molecule has 18 heavy (non-hydrogen) atoms. The van der Waals surface area contributed by atoms with Gasteiger partial charge in [0.25, 0.3) is 0 Å². The zero-order valence-electron chi connectivity index (χ0n) is 9.39. The minimum Gasteiger partial charge on any atom is -0.380 e. The number of benzene rings is 1. The third-order valence-corrected chi connectivity index (χ3v) is 2.54. The standard InChI is InChI=1S/C11H10F3N3O/c1-17-10(15-6-16-17)9(18)7-2-4-8(5-3-7)11(12,13)14/h2-6,9,18H,1H3. The van der Waals surface area contributed by atoms with Crippen LogP contribution in [0.25, 0.3) is 0 Å². The van der Waals surface area contributed by atoms with Gasteiger partial charge in [0.05, 0.1) is 5.56 Å². The molecule has 0 aliphatic carbocycles. The number of hydrogen-bond acceptors (Lipinski definition) is 3. The Balaban J connectivity index is 2.28. The van der Waals surface area contributed by atoms with Gasteiger partial charge in [-0.25, -0.2) is 4.98 Å². The smallest absolute Gasteiger partial charge is 0.380 e. The van der Waals surface area contributed by atoms with Gasteiger partial charge in [-0.1, -0.05) is 12.1 Å². The molecule has 2 rings (SSSR count). The number of aliphatic hydroxyl groups is 1. The lowest BCUT2D eigenvalue weighted by Gasteiger charge is -2.11. The first-order valence-electron chi connectivity index (χ1n) is 5.08. The molecular formula is C11H10F3N3O.